The van der Waals surface area contributed by atoms with Gasteiger partial charge >= 0.3 is 24.4 Å². The minimum atomic E-state index is -4.81. The van der Waals surface area contributed by atoms with Crippen LogP contribution in [0, 0.1) is 5.92 Å². The van der Waals surface area contributed by atoms with Crippen LogP contribution in [0.25, 0.3) is 0 Å². The molecule has 1 aliphatic rings. The molecule has 0 aliphatic carbocycles. The Hall–Kier alpha value is -4.75. The van der Waals surface area contributed by atoms with E-state index in [9.17, 15) is 27.9 Å². The molecule has 1 N–H and O–H groups in total. The molecule has 2 atom stereocenters. The quantitative estimate of drug-likeness (QED) is 0.299. The molecule has 1 aromatic heterocycles. The number of para-hydroxylation sites is 1. The highest BCUT2D eigenvalue weighted by Crippen LogP contribution is 2.40. The Morgan fingerprint density at radius 3 is 2.29 bits per heavy atom. The number of benzene rings is 2. The van der Waals surface area contributed by atoms with Crippen LogP contribution in [-0.4, -0.2) is 73.0 Å². The van der Waals surface area contributed by atoms with Crippen molar-refractivity contribution in [2.45, 2.75) is 45.1 Å². The molecule has 0 saturated carbocycles. The molecule has 1 aliphatic heterocycles. The number of methoxy groups -OCH3 is 2. The predicted molar refractivity (Wildman–Crippen MR) is 158 cm³/mol. The second-order valence-electron chi connectivity index (χ2n) is 11.3. The monoisotopic (exact) mass is 632 g/mol. The lowest BCUT2D eigenvalue weighted by Gasteiger charge is -2.28. The van der Waals surface area contributed by atoms with E-state index in [4.69, 9.17) is 14.2 Å². The smallest absolute Gasteiger partial charge is 0.496 e. The zero-order valence-electron chi connectivity index (χ0n) is 25.5. The molecular formula is C31H35F3N4O7. The third kappa shape index (κ3) is 8.67. The minimum absolute atomic E-state index is 0.0373. The van der Waals surface area contributed by atoms with Crippen LogP contribution >= 0.6 is 0 Å². The van der Waals surface area contributed by atoms with Gasteiger partial charge in [0.2, 0.25) is 0 Å². The summed E-state index contributed by atoms with van der Waals surface area (Å²) >= 11 is 0. The van der Waals surface area contributed by atoms with Crippen LogP contribution in [-0.2, 0) is 16.0 Å². The molecule has 242 valence electrons. The highest BCUT2D eigenvalue weighted by Gasteiger charge is 2.41. The number of carbonyl (C=O) groups excluding carboxylic acids is 1. The Bertz CT molecular complexity index is 1500. The number of rotatable bonds is 10. The second kappa shape index (κ2) is 13.5. The number of carboxylic acid groups (broad SMARTS) is 1. The van der Waals surface area contributed by atoms with E-state index in [1.54, 1.807) is 37.8 Å². The fraction of sp³-hybridized carbons (Fsp3) is 0.419. The third-order valence-electron chi connectivity index (χ3n) is 7.03. The van der Waals surface area contributed by atoms with Gasteiger partial charge in [-0.3, -0.25) is 9.69 Å². The summed E-state index contributed by atoms with van der Waals surface area (Å²) in [5.74, 6) is -1.50. The number of nitrogens with zero attached hydrogens (tertiary/aromatic N) is 4. The van der Waals surface area contributed by atoms with Gasteiger partial charge in [-0.05, 0) is 56.5 Å². The van der Waals surface area contributed by atoms with Crippen molar-refractivity contribution in [1.29, 1.82) is 0 Å². The van der Waals surface area contributed by atoms with Crippen LogP contribution in [0.15, 0.2) is 54.6 Å². The lowest BCUT2D eigenvalue weighted by molar-refractivity contribution is -0.274. The summed E-state index contributed by atoms with van der Waals surface area (Å²) in [6.45, 7) is 5.58. The molecule has 45 heavy (non-hydrogen) atoms. The molecule has 1 amide bonds. The lowest BCUT2D eigenvalue weighted by Crippen LogP contribution is -2.39. The molecule has 0 radical (unpaired) electrons. The van der Waals surface area contributed by atoms with E-state index in [0.29, 0.717) is 17.1 Å². The largest absolute Gasteiger partial charge is 0.573 e. The SMILES string of the molecule is COc1nc(N2CC(C(=O)O)C(c3ccccc3OC)C2)cc(N(CCc2ccc(OC(F)(F)F)cc2)C(=O)OC(C)(C)C)n1. The van der Waals surface area contributed by atoms with Gasteiger partial charge in [0.25, 0.3) is 0 Å². The number of hydrogen-bond donors (Lipinski definition) is 1. The molecule has 2 aromatic carbocycles. The molecule has 1 saturated heterocycles. The number of halogens is 3. The number of carboxylic acids is 1. The second-order valence-corrected chi connectivity index (χ2v) is 11.3. The average Bonchev–Trinajstić information content (AvgIpc) is 3.42. The van der Waals surface area contributed by atoms with Crippen molar-refractivity contribution in [3.63, 3.8) is 0 Å². The number of alkyl halides is 3. The van der Waals surface area contributed by atoms with Crippen molar-refractivity contribution < 1.29 is 46.8 Å². The fourth-order valence-electron chi connectivity index (χ4n) is 5.04. The first-order valence-corrected chi connectivity index (χ1v) is 14.1. The molecule has 2 heterocycles. The summed E-state index contributed by atoms with van der Waals surface area (Å²) in [7, 11) is 2.89. The Labute approximate surface area is 258 Å². The molecule has 2 unspecified atom stereocenters. The highest BCUT2D eigenvalue weighted by atomic mass is 19.4. The van der Waals surface area contributed by atoms with Gasteiger partial charge in [0, 0.05) is 31.6 Å². The van der Waals surface area contributed by atoms with Gasteiger partial charge in [-0.25, -0.2) is 4.79 Å². The molecule has 1 fully saturated rings. The highest BCUT2D eigenvalue weighted by molar-refractivity contribution is 5.87. The number of aromatic nitrogens is 2. The Morgan fingerprint density at radius 1 is 1.00 bits per heavy atom. The summed E-state index contributed by atoms with van der Waals surface area (Å²) in [6.07, 6.45) is -5.30. The van der Waals surface area contributed by atoms with E-state index in [1.807, 2.05) is 18.2 Å². The van der Waals surface area contributed by atoms with E-state index >= 15 is 0 Å². The van der Waals surface area contributed by atoms with Gasteiger partial charge in [-0.2, -0.15) is 9.97 Å². The minimum Gasteiger partial charge on any atom is -0.496 e. The summed E-state index contributed by atoms with van der Waals surface area (Å²) in [5.41, 5.74) is 0.526. The zero-order valence-corrected chi connectivity index (χ0v) is 25.5. The molecule has 3 aromatic rings. The van der Waals surface area contributed by atoms with Gasteiger partial charge in [-0.15, -0.1) is 13.2 Å². The summed E-state index contributed by atoms with van der Waals surface area (Å²) < 4.78 is 58.2. The summed E-state index contributed by atoms with van der Waals surface area (Å²) in [5, 5.41) is 10.1. The topological polar surface area (TPSA) is 124 Å². The van der Waals surface area contributed by atoms with Crippen LogP contribution < -0.4 is 24.0 Å². The van der Waals surface area contributed by atoms with Crippen LogP contribution in [0.4, 0.5) is 29.6 Å². The average molecular weight is 633 g/mol. The number of anilines is 2. The van der Waals surface area contributed by atoms with Crippen LogP contribution in [0.5, 0.6) is 17.5 Å². The van der Waals surface area contributed by atoms with E-state index < -0.39 is 35.9 Å². The lowest BCUT2D eigenvalue weighted by atomic mass is 9.88. The van der Waals surface area contributed by atoms with Crippen LogP contribution in [0.3, 0.4) is 0 Å². The molecular weight excluding hydrogens is 597 g/mol. The van der Waals surface area contributed by atoms with Crippen molar-refractivity contribution in [1.82, 2.24) is 9.97 Å². The van der Waals surface area contributed by atoms with Crippen molar-refractivity contribution in [2.75, 3.05) is 43.7 Å². The van der Waals surface area contributed by atoms with E-state index in [0.717, 1.165) is 5.56 Å². The summed E-state index contributed by atoms with van der Waals surface area (Å²) in [6, 6.07) is 14.0. The Balaban J connectivity index is 1.65. The number of carbonyl (C=O) groups is 2. The van der Waals surface area contributed by atoms with Gasteiger partial charge in [0.05, 0.1) is 20.1 Å². The Morgan fingerprint density at radius 2 is 1.69 bits per heavy atom. The van der Waals surface area contributed by atoms with E-state index in [1.165, 1.54) is 43.4 Å². The van der Waals surface area contributed by atoms with E-state index in [-0.39, 0.29) is 43.6 Å². The normalized spacial score (nSPS) is 16.7. The number of hydrogen-bond acceptors (Lipinski definition) is 9. The van der Waals surface area contributed by atoms with Gasteiger partial charge in [0.1, 0.15) is 28.7 Å². The van der Waals surface area contributed by atoms with Crippen LogP contribution in [0.2, 0.25) is 0 Å². The standard InChI is InChI=1S/C31H35F3N4O7/c1-30(2,3)45-29(41)38(15-14-19-10-12-20(13-11-19)44-31(32,33)34)26-16-25(35-28(36-26)43-5)37-17-22(23(18-37)27(39)40)21-8-6-7-9-24(21)42-4/h6-13,16,22-23H,14-15,17-18H2,1-5H3,(H,39,40). The first kappa shape index (κ1) is 33.1. The number of ether oxygens (including phenoxy) is 4. The molecule has 0 bridgehead atoms. The first-order chi connectivity index (χ1) is 21.2. The van der Waals surface area contributed by atoms with Crippen LogP contribution in [0.1, 0.15) is 37.8 Å². The zero-order chi connectivity index (χ0) is 32.9. The van der Waals surface area contributed by atoms with Gasteiger partial charge < -0.3 is 29.0 Å². The first-order valence-electron chi connectivity index (χ1n) is 14.1. The van der Waals surface area contributed by atoms with Gasteiger partial charge in [-0.1, -0.05) is 30.3 Å². The third-order valence-corrected chi connectivity index (χ3v) is 7.03. The van der Waals surface area contributed by atoms with Crippen molar-refractivity contribution >= 4 is 23.7 Å². The number of amides is 1. The molecule has 4 rings (SSSR count). The number of aliphatic carboxylic acids is 1. The van der Waals surface area contributed by atoms with E-state index in [2.05, 4.69) is 14.7 Å². The van der Waals surface area contributed by atoms with Gasteiger partial charge in [0.15, 0.2) is 0 Å². The van der Waals surface area contributed by atoms with Crippen molar-refractivity contribution in [2.24, 2.45) is 5.92 Å². The Kier molecular flexibility index (Phi) is 9.94. The fourth-order valence-corrected chi connectivity index (χ4v) is 5.04. The molecule has 14 heteroatoms. The van der Waals surface area contributed by atoms with Crippen molar-refractivity contribution in [3.8, 4) is 17.5 Å². The predicted octanol–water partition coefficient (Wildman–Crippen LogP) is 5.68. The maximum Gasteiger partial charge on any atom is 0.573 e. The van der Waals surface area contributed by atoms with Crippen molar-refractivity contribution in [3.05, 3.63) is 65.7 Å². The molecule has 11 nitrogen and oxygen atoms in total. The maximum atomic E-state index is 13.4. The summed E-state index contributed by atoms with van der Waals surface area (Å²) in [4.78, 5) is 37.7. The maximum absolute atomic E-state index is 13.4. The molecule has 0 spiro atoms.